The smallest absolute Gasteiger partial charge is 0.224 e. The number of anilines is 2. The van der Waals surface area contributed by atoms with Crippen molar-refractivity contribution in [3.05, 3.63) is 52.3 Å². The van der Waals surface area contributed by atoms with Crippen LogP contribution in [0, 0.1) is 12.7 Å². The molecular formula is C17H18ClFN2O3S. The Bertz CT molecular complexity index is 955. The van der Waals surface area contributed by atoms with Crippen molar-refractivity contribution in [1.29, 1.82) is 0 Å². The zero-order valence-electron chi connectivity index (χ0n) is 13.7. The molecule has 8 heteroatoms. The van der Waals surface area contributed by atoms with Crippen LogP contribution in [0.1, 0.15) is 17.5 Å². The summed E-state index contributed by atoms with van der Waals surface area (Å²) in [5, 5.41) is 3.00. The first kappa shape index (κ1) is 17.8. The van der Waals surface area contributed by atoms with Crippen molar-refractivity contribution in [1.82, 2.24) is 0 Å². The Morgan fingerprint density at radius 1 is 1.32 bits per heavy atom. The Kier molecular flexibility index (Phi) is 4.14. The molecule has 1 amide bonds. The van der Waals surface area contributed by atoms with Crippen molar-refractivity contribution in [2.75, 3.05) is 16.3 Å². The number of fused-ring (bicyclic) bond motifs is 1. The number of amides is 1. The first-order valence-corrected chi connectivity index (χ1v) is 10.3. The van der Waals surface area contributed by atoms with Gasteiger partial charge in [0.25, 0.3) is 0 Å². The van der Waals surface area contributed by atoms with Crippen LogP contribution < -0.4 is 10.0 Å². The Hall–Kier alpha value is -1.96. The van der Waals surface area contributed by atoms with Crippen molar-refractivity contribution in [3.63, 3.8) is 0 Å². The third-order valence-electron chi connectivity index (χ3n) is 4.19. The standard InChI is InChI=1S/C17H18ClFN2O3S/c1-10-12(18)4-3-5-14(10)21-25(2,23,24)16-8-11-6-7-17(22)20-15(11)9-13(16)19/h3-5,8-9H,6-7H2,1-2H3,(H,20,22)(H2,21,23,24). The summed E-state index contributed by atoms with van der Waals surface area (Å²) in [6.45, 7) is 1.70. The van der Waals surface area contributed by atoms with E-state index in [0.717, 1.165) is 12.3 Å². The minimum Gasteiger partial charge on any atom is -0.326 e. The molecule has 1 heterocycles. The van der Waals surface area contributed by atoms with Crippen molar-refractivity contribution in [2.45, 2.75) is 24.7 Å². The van der Waals surface area contributed by atoms with Gasteiger partial charge in [0.05, 0.1) is 5.69 Å². The molecule has 0 saturated heterocycles. The van der Waals surface area contributed by atoms with Gasteiger partial charge in [0, 0.05) is 23.4 Å². The summed E-state index contributed by atoms with van der Waals surface area (Å²) in [6, 6.07) is 7.33. The molecule has 0 saturated carbocycles. The van der Waals surface area contributed by atoms with Crippen LogP contribution in [-0.2, 0) is 20.7 Å². The van der Waals surface area contributed by atoms with E-state index in [9.17, 15) is 17.9 Å². The number of carbonyl (C=O) groups excluding carboxylic acids is 1. The minimum absolute atomic E-state index is 0.203. The second kappa shape index (κ2) is 5.79. The van der Waals surface area contributed by atoms with Gasteiger partial charge in [-0.2, -0.15) is 4.21 Å². The van der Waals surface area contributed by atoms with Crippen LogP contribution in [0.3, 0.4) is 0 Å². The van der Waals surface area contributed by atoms with Crippen LogP contribution in [0.5, 0.6) is 0 Å². The van der Waals surface area contributed by atoms with Gasteiger partial charge in [-0.3, -0.25) is 14.1 Å². The molecule has 134 valence electrons. The maximum absolute atomic E-state index is 14.6. The van der Waals surface area contributed by atoms with E-state index < -0.39 is 15.3 Å². The van der Waals surface area contributed by atoms with Crippen molar-refractivity contribution in [3.8, 4) is 0 Å². The second-order valence-corrected chi connectivity index (χ2v) is 9.90. The monoisotopic (exact) mass is 384 g/mol. The van der Waals surface area contributed by atoms with Gasteiger partial charge in [-0.25, -0.2) is 4.39 Å². The SMILES string of the molecule is Cc1c(Cl)cccc1NS(C)(=O)(O)c1cc2c(cc1F)NC(=O)CC2. The summed E-state index contributed by atoms with van der Waals surface area (Å²) in [5.41, 5.74) is 1.89. The Labute approximate surface area is 149 Å². The molecule has 5 nitrogen and oxygen atoms in total. The molecule has 0 radical (unpaired) electrons. The quantitative estimate of drug-likeness (QED) is 0.748. The zero-order valence-corrected chi connectivity index (χ0v) is 15.3. The van der Waals surface area contributed by atoms with Crippen LogP contribution in [-0.4, -0.2) is 20.9 Å². The highest BCUT2D eigenvalue weighted by Crippen LogP contribution is 2.38. The predicted molar refractivity (Wildman–Crippen MR) is 98.1 cm³/mol. The van der Waals surface area contributed by atoms with E-state index in [4.69, 9.17) is 11.6 Å². The molecular weight excluding hydrogens is 367 g/mol. The van der Waals surface area contributed by atoms with Gasteiger partial charge in [-0.1, -0.05) is 17.7 Å². The van der Waals surface area contributed by atoms with Gasteiger partial charge < -0.3 is 5.32 Å². The number of carbonyl (C=O) groups is 1. The van der Waals surface area contributed by atoms with Gasteiger partial charge in [0.1, 0.15) is 10.7 Å². The van der Waals surface area contributed by atoms with Crippen LogP contribution >= 0.6 is 11.6 Å². The molecule has 0 unspecified atom stereocenters. The predicted octanol–water partition coefficient (Wildman–Crippen LogP) is 3.98. The molecule has 0 atom stereocenters. The van der Waals surface area contributed by atoms with Gasteiger partial charge in [0.15, 0.2) is 0 Å². The van der Waals surface area contributed by atoms with Crippen molar-refractivity contribution < 1.29 is 17.9 Å². The largest absolute Gasteiger partial charge is 0.326 e. The lowest BCUT2D eigenvalue weighted by Crippen LogP contribution is -2.40. The molecule has 3 rings (SSSR count). The maximum atomic E-state index is 14.6. The van der Waals surface area contributed by atoms with E-state index in [1.165, 1.54) is 6.07 Å². The highest BCUT2D eigenvalue weighted by atomic mass is 35.5. The third-order valence-corrected chi connectivity index (χ3v) is 6.65. The molecule has 25 heavy (non-hydrogen) atoms. The van der Waals surface area contributed by atoms with E-state index >= 15 is 0 Å². The van der Waals surface area contributed by atoms with Gasteiger partial charge in [-0.15, -0.1) is 9.53 Å². The number of nitrogens with one attached hydrogen (secondary N) is 2. The second-order valence-electron chi connectivity index (χ2n) is 6.29. The molecule has 0 spiro atoms. The summed E-state index contributed by atoms with van der Waals surface area (Å²) in [4.78, 5) is 11.1. The van der Waals surface area contributed by atoms with Gasteiger partial charge >= 0.3 is 0 Å². The zero-order chi connectivity index (χ0) is 18.4. The molecule has 0 aliphatic carbocycles. The van der Waals surface area contributed by atoms with Crippen molar-refractivity contribution >= 4 is 38.4 Å². The first-order valence-electron chi connectivity index (χ1n) is 7.60. The van der Waals surface area contributed by atoms with Gasteiger partial charge in [-0.05, 0) is 48.7 Å². The number of halogens is 2. The molecule has 1 aliphatic heterocycles. The van der Waals surface area contributed by atoms with E-state index in [1.54, 1.807) is 25.1 Å². The number of hydrogen-bond donors (Lipinski definition) is 3. The third kappa shape index (κ3) is 3.40. The minimum atomic E-state index is -4.74. The fraction of sp³-hybridized carbons (Fsp3) is 0.235. The molecule has 0 aromatic heterocycles. The fourth-order valence-corrected chi connectivity index (χ4v) is 4.74. The van der Waals surface area contributed by atoms with Crippen molar-refractivity contribution in [2.24, 2.45) is 0 Å². The summed E-state index contributed by atoms with van der Waals surface area (Å²) in [6.07, 6.45) is 1.69. The molecule has 0 fully saturated rings. The summed E-state index contributed by atoms with van der Waals surface area (Å²) < 4.78 is 41.2. The highest BCUT2D eigenvalue weighted by molar-refractivity contribution is 8.15. The lowest BCUT2D eigenvalue weighted by atomic mass is 10.0. The van der Waals surface area contributed by atoms with Crippen LogP contribution in [0.2, 0.25) is 5.02 Å². The topological polar surface area (TPSA) is 78.4 Å². The average Bonchev–Trinajstić information content (AvgIpc) is 2.50. The molecule has 1 aliphatic rings. The summed E-state index contributed by atoms with van der Waals surface area (Å²) in [5.74, 6) is -1.07. The van der Waals surface area contributed by atoms with Crippen LogP contribution in [0.15, 0.2) is 35.2 Å². The number of rotatable bonds is 3. The highest BCUT2D eigenvalue weighted by Gasteiger charge is 2.30. The molecule has 2 aromatic carbocycles. The Morgan fingerprint density at radius 2 is 2.04 bits per heavy atom. The lowest BCUT2D eigenvalue weighted by Gasteiger charge is -2.41. The maximum Gasteiger partial charge on any atom is 0.224 e. The molecule has 0 bridgehead atoms. The number of aryl methyl sites for hydroxylation is 1. The fourth-order valence-electron chi connectivity index (χ4n) is 2.78. The normalized spacial score (nSPS) is 15.7. The van der Waals surface area contributed by atoms with E-state index in [-0.39, 0.29) is 17.2 Å². The first-order chi connectivity index (χ1) is 11.5. The number of benzene rings is 2. The van der Waals surface area contributed by atoms with Crippen LogP contribution in [0.4, 0.5) is 15.8 Å². The van der Waals surface area contributed by atoms with E-state index in [0.29, 0.717) is 33.9 Å². The van der Waals surface area contributed by atoms with E-state index in [1.807, 2.05) is 0 Å². The van der Waals surface area contributed by atoms with Crippen LogP contribution in [0.25, 0.3) is 0 Å². The molecule has 2 aromatic rings. The average molecular weight is 385 g/mol. The molecule has 3 N–H and O–H groups in total. The Morgan fingerprint density at radius 3 is 2.76 bits per heavy atom. The van der Waals surface area contributed by atoms with E-state index in [2.05, 4.69) is 10.0 Å². The Balaban J connectivity index is 2.08. The summed E-state index contributed by atoms with van der Waals surface area (Å²) >= 11 is 6.05. The summed E-state index contributed by atoms with van der Waals surface area (Å²) in [7, 11) is -4.74. The lowest BCUT2D eigenvalue weighted by molar-refractivity contribution is -0.116. The number of hydrogen-bond acceptors (Lipinski definition) is 2. The van der Waals surface area contributed by atoms with Gasteiger partial charge in [0.2, 0.25) is 5.91 Å².